The van der Waals surface area contributed by atoms with Crippen molar-refractivity contribution in [1.29, 1.82) is 0 Å². The number of nitrogens with zero attached hydrogens (tertiary/aromatic N) is 4. The summed E-state index contributed by atoms with van der Waals surface area (Å²) in [4.78, 5) is 4.03. The molecule has 0 bridgehead atoms. The van der Waals surface area contributed by atoms with Crippen molar-refractivity contribution in [2.24, 2.45) is 5.11 Å². The fourth-order valence-corrected chi connectivity index (χ4v) is 1.22. The molecular formula is C5H8BFN4. The van der Waals surface area contributed by atoms with Gasteiger partial charge in [-0.2, -0.15) is 0 Å². The molecule has 0 aromatic carbocycles. The minimum atomic E-state index is -0.478. The molecule has 11 heavy (non-hydrogen) atoms. The third kappa shape index (κ3) is 1.85. The summed E-state index contributed by atoms with van der Waals surface area (Å²) >= 11 is 0. The van der Waals surface area contributed by atoms with Gasteiger partial charge < -0.3 is 4.81 Å². The molecule has 6 heteroatoms. The minimum absolute atomic E-state index is 0.161. The number of azide groups is 1. The number of rotatable bonds is 2. The molecule has 4 nitrogen and oxygen atoms in total. The van der Waals surface area contributed by atoms with Crippen molar-refractivity contribution in [1.82, 2.24) is 4.81 Å². The van der Waals surface area contributed by atoms with E-state index in [0.29, 0.717) is 13.0 Å². The molecule has 0 aliphatic carbocycles. The molecule has 2 atom stereocenters. The fraction of sp³-hybridized carbons (Fsp3) is 1.00. The monoisotopic (exact) mass is 154 g/mol. The summed E-state index contributed by atoms with van der Waals surface area (Å²) in [6, 6.07) is -0.434. The van der Waals surface area contributed by atoms with Crippen LogP contribution in [0, 0.1) is 0 Å². The van der Waals surface area contributed by atoms with E-state index in [1.807, 2.05) is 0 Å². The molecule has 0 aromatic rings. The summed E-state index contributed by atoms with van der Waals surface area (Å²) < 4.78 is 12.1. The summed E-state index contributed by atoms with van der Waals surface area (Å²) in [7, 11) is 5.42. The lowest BCUT2D eigenvalue weighted by atomic mass is 10.2. The van der Waals surface area contributed by atoms with Crippen LogP contribution in [0.4, 0.5) is 4.39 Å². The van der Waals surface area contributed by atoms with Gasteiger partial charge in [-0.3, -0.25) is 0 Å². The summed E-state index contributed by atoms with van der Waals surface area (Å²) in [5, 5.41) is 3.46. The van der Waals surface area contributed by atoms with E-state index >= 15 is 0 Å². The van der Waals surface area contributed by atoms with Crippen molar-refractivity contribution in [2.45, 2.75) is 18.5 Å². The highest BCUT2D eigenvalue weighted by molar-refractivity contribution is 6.04. The van der Waals surface area contributed by atoms with Crippen LogP contribution in [0.1, 0.15) is 6.42 Å². The first-order valence-electron chi connectivity index (χ1n) is 3.39. The Labute approximate surface area is 65.4 Å². The van der Waals surface area contributed by atoms with Gasteiger partial charge in [0.25, 0.3) is 0 Å². The molecule has 1 rings (SSSR count). The second-order valence-electron chi connectivity index (χ2n) is 2.60. The molecule has 1 aliphatic heterocycles. The van der Waals surface area contributed by atoms with Gasteiger partial charge in [0.15, 0.2) is 7.98 Å². The van der Waals surface area contributed by atoms with Gasteiger partial charge in [-0.15, -0.1) is 0 Å². The Morgan fingerprint density at radius 1 is 1.82 bits per heavy atom. The van der Waals surface area contributed by atoms with Crippen molar-refractivity contribution in [3.63, 3.8) is 0 Å². The Hall–Kier alpha value is -0.735. The standard InChI is InChI=1S/C5H8BFN4/c6-11-3-4(9-10-8)1-5(11)2-7/h4-5H,1-3H2/t4-,5-/m0/s1. The third-order valence-electron chi connectivity index (χ3n) is 1.83. The molecule has 0 unspecified atom stereocenters. The highest BCUT2D eigenvalue weighted by Crippen LogP contribution is 2.18. The van der Waals surface area contributed by atoms with Crippen molar-refractivity contribution < 1.29 is 4.39 Å². The maximum absolute atomic E-state index is 12.1. The van der Waals surface area contributed by atoms with Crippen molar-refractivity contribution in [3.8, 4) is 0 Å². The normalized spacial score (nSPS) is 31.7. The molecule has 1 heterocycles. The van der Waals surface area contributed by atoms with Crippen LogP contribution < -0.4 is 0 Å². The molecule has 1 saturated heterocycles. The van der Waals surface area contributed by atoms with Crippen LogP contribution in [0.5, 0.6) is 0 Å². The molecule has 1 fully saturated rings. The van der Waals surface area contributed by atoms with E-state index in [-0.39, 0.29) is 12.1 Å². The van der Waals surface area contributed by atoms with Gasteiger partial charge in [-0.05, 0) is 18.5 Å². The van der Waals surface area contributed by atoms with Gasteiger partial charge in [-0.25, -0.2) is 4.39 Å². The molecule has 0 saturated carbocycles. The number of hydrogen-bond donors (Lipinski definition) is 0. The van der Waals surface area contributed by atoms with Gasteiger partial charge in [-0.1, -0.05) is 5.11 Å². The Morgan fingerprint density at radius 3 is 3.00 bits per heavy atom. The summed E-state index contributed by atoms with van der Waals surface area (Å²) in [5.41, 5.74) is 8.08. The Morgan fingerprint density at radius 2 is 2.55 bits per heavy atom. The zero-order valence-corrected chi connectivity index (χ0v) is 6.02. The zero-order chi connectivity index (χ0) is 8.27. The summed E-state index contributed by atoms with van der Waals surface area (Å²) in [5.74, 6) is 0. The Kier molecular flexibility index (Phi) is 2.73. The molecular weight excluding hydrogens is 146 g/mol. The van der Waals surface area contributed by atoms with E-state index in [1.54, 1.807) is 0 Å². The topological polar surface area (TPSA) is 52.0 Å². The Balaban J connectivity index is 2.48. The number of alkyl halides is 1. The molecule has 0 N–H and O–H groups in total. The first-order chi connectivity index (χ1) is 5.27. The van der Waals surface area contributed by atoms with E-state index < -0.39 is 6.67 Å². The molecule has 1 aliphatic rings. The smallest absolute Gasteiger partial charge is 0.183 e. The van der Waals surface area contributed by atoms with Gasteiger partial charge in [0.2, 0.25) is 0 Å². The van der Waals surface area contributed by atoms with Gasteiger partial charge in [0, 0.05) is 11.0 Å². The number of hydrogen-bond acceptors (Lipinski definition) is 2. The van der Waals surface area contributed by atoms with Crippen LogP contribution in [0.15, 0.2) is 5.11 Å². The molecule has 2 radical (unpaired) electrons. The largest absolute Gasteiger partial charge is 0.348 e. The van der Waals surface area contributed by atoms with Gasteiger partial charge in [0.05, 0.1) is 6.04 Å². The highest BCUT2D eigenvalue weighted by Gasteiger charge is 2.27. The van der Waals surface area contributed by atoms with Gasteiger partial charge in [0.1, 0.15) is 6.67 Å². The average molecular weight is 154 g/mol. The van der Waals surface area contributed by atoms with Crippen molar-refractivity contribution in [2.75, 3.05) is 13.2 Å². The molecule has 0 aromatic heterocycles. The second kappa shape index (κ2) is 3.60. The van der Waals surface area contributed by atoms with Crippen LogP contribution >= 0.6 is 0 Å². The average Bonchev–Trinajstić information content (AvgIpc) is 2.32. The molecule has 58 valence electrons. The fourth-order valence-electron chi connectivity index (χ4n) is 1.22. The SMILES string of the molecule is [B]N1C[C@@H](N=[N+]=[N-])C[C@H]1CF. The predicted molar refractivity (Wildman–Crippen MR) is 39.8 cm³/mol. The maximum Gasteiger partial charge on any atom is 0.183 e. The predicted octanol–water partition coefficient (Wildman–Crippen LogP) is 0.793. The quantitative estimate of drug-likeness (QED) is 0.251. The van der Waals surface area contributed by atoms with E-state index in [1.165, 1.54) is 4.81 Å². The van der Waals surface area contributed by atoms with Crippen LogP contribution in [-0.4, -0.2) is 38.1 Å². The number of halogens is 1. The zero-order valence-electron chi connectivity index (χ0n) is 6.02. The summed E-state index contributed by atoms with van der Waals surface area (Å²) in [6.45, 7) is -0.0212. The Bertz CT molecular complexity index is 181. The maximum atomic E-state index is 12.1. The first-order valence-corrected chi connectivity index (χ1v) is 3.39. The molecule has 0 amide bonds. The lowest BCUT2D eigenvalue weighted by Crippen LogP contribution is -2.28. The van der Waals surface area contributed by atoms with Crippen LogP contribution in [0.2, 0.25) is 0 Å². The minimum Gasteiger partial charge on any atom is -0.348 e. The third-order valence-corrected chi connectivity index (χ3v) is 1.83. The lowest BCUT2D eigenvalue weighted by Gasteiger charge is -2.14. The second-order valence-corrected chi connectivity index (χ2v) is 2.60. The van der Waals surface area contributed by atoms with Crippen LogP contribution in [0.3, 0.4) is 0 Å². The van der Waals surface area contributed by atoms with E-state index in [4.69, 9.17) is 13.5 Å². The lowest BCUT2D eigenvalue weighted by molar-refractivity contribution is 0.323. The van der Waals surface area contributed by atoms with E-state index in [0.717, 1.165) is 0 Å². The van der Waals surface area contributed by atoms with Crippen LogP contribution in [-0.2, 0) is 0 Å². The summed E-state index contributed by atoms with van der Waals surface area (Å²) in [6.07, 6.45) is 0.525. The highest BCUT2D eigenvalue weighted by atomic mass is 19.1. The molecule has 0 spiro atoms. The van der Waals surface area contributed by atoms with Crippen molar-refractivity contribution >= 4 is 7.98 Å². The van der Waals surface area contributed by atoms with E-state index in [9.17, 15) is 4.39 Å². The van der Waals surface area contributed by atoms with Crippen molar-refractivity contribution in [3.05, 3.63) is 10.4 Å². The van der Waals surface area contributed by atoms with Gasteiger partial charge >= 0.3 is 0 Å². The first kappa shape index (κ1) is 8.36. The van der Waals surface area contributed by atoms with Crippen LogP contribution in [0.25, 0.3) is 10.4 Å². The van der Waals surface area contributed by atoms with E-state index in [2.05, 4.69) is 10.0 Å².